The molecule has 1 aliphatic heterocycles. The Hall–Kier alpha value is -2.35. The molecule has 4 rings (SSSR count). The van der Waals surface area contributed by atoms with Gasteiger partial charge >= 0.3 is 6.09 Å². The average Bonchev–Trinajstić information content (AvgIpc) is 3.16. The number of ether oxygens (including phenoxy) is 1. The van der Waals surface area contributed by atoms with Crippen LogP contribution in [0.1, 0.15) is 44.9 Å². The van der Waals surface area contributed by atoms with Gasteiger partial charge in [0.1, 0.15) is 10.4 Å². The van der Waals surface area contributed by atoms with E-state index in [9.17, 15) is 4.79 Å². The number of nitrogens with one attached hydrogen (secondary N) is 1. The number of fused-ring (bicyclic) bond motifs is 3. The van der Waals surface area contributed by atoms with Gasteiger partial charge in [0.15, 0.2) is 5.82 Å². The monoisotopic (exact) mass is 429 g/mol. The molecule has 1 aliphatic rings. The molecule has 0 unspecified atom stereocenters. The molecule has 30 heavy (non-hydrogen) atoms. The minimum Gasteiger partial charge on any atom is -0.444 e. The molecule has 1 saturated heterocycles. The van der Waals surface area contributed by atoms with Crippen molar-refractivity contribution in [1.29, 1.82) is 0 Å². The van der Waals surface area contributed by atoms with Crippen LogP contribution in [0.25, 0.3) is 20.4 Å². The van der Waals surface area contributed by atoms with E-state index in [1.807, 2.05) is 44.3 Å². The Morgan fingerprint density at radius 2 is 2.00 bits per heavy atom. The zero-order valence-electron chi connectivity index (χ0n) is 18.7. The van der Waals surface area contributed by atoms with Gasteiger partial charge in [0.05, 0.1) is 10.2 Å². The lowest BCUT2D eigenvalue weighted by molar-refractivity contribution is 0.0188. The SMILES string of the molecule is Cc1cc(C)c2c(n1)sc1c(NCC3CCN(C(=O)OC(C)(C)C)CC3)nn(C)c12. The summed E-state index contributed by atoms with van der Waals surface area (Å²) in [5.74, 6) is 1.44. The standard InChI is InChI=1S/C22H31N5O2S/c1-13-11-14(2)24-20-16(13)17-18(30-20)19(25-26(17)6)23-12-15-7-9-27(10-8-15)21(28)29-22(3,4)5/h11,15H,7-10,12H2,1-6H3,(H,23,25). The Morgan fingerprint density at radius 1 is 1.30 bits per heavy atom. The quantitative estimate of drug-likeness (QED) is 0.644. The number of aryl methyl sites for hydroxylation is 3. The van der Waals surface area contributed by atoms with Crippen LogP contribution in [0.5, 0.6) is 0 Å². The molecular weight excluding hydrogens is 398 g/mol. The Bertz CT molecular complexity index is 1090. The van der Waals surface area contributed by atoms with E-state index in [0.29, 0.717) is 5.92 Å². The van der Waals surface area contributed by atoms with E-state index < -0.39 is 5.60 Å². The van der Waals surface area contributed by atoms with Gasteiger partial charge in [0.25, 0.3) is 0 Å². The van der Waals surface area contributed by atoms with Crippen molar-refractivity contribution in [2.45, 2.75) is 53.1 Å². The molecule has 0 saturated carbocycles. The Labute approximate surface area is 181 Å². The second-order valence-corrected chi connectivity index (χ2v) is 10.3. The molecule has 3 aromatic rings. The first kappa shape index (κ1) is 20.9. The molecule has 162 valence electrons. The Morgan fingerprint density at radius 3 is 2.67 bits per heavy atom. The number of rotatable bonds is 3. The molecule has 1 fully saturated rings. The summed E-state index contributed by atoms with van der Waals surface area (Å²) in [4.78, 5) is 19.9. The second-order valence-electron chi connectivity index (χ2n) is 9.30. The summed E-state index contributed by atoms with van der Waals surface area (Å²) in [6, 6.07) is 2.13. The van der Waals surface area contributed by atoms with Crippen molar-refractivity contribution >= 4 is 43.7 Å². The van der Waals surface area contributed by atoms with E-state index >= 15 is 0 Å². The number of aromatic nitrogens is 3. The normalized spacial score (nSPS) is 15.9. The van der Waals surface area contributed by atoms with Gasteiger partial charge in [-0.1, -0.05) is 0 Å². The zero-order chi connectivity index (χ0) is 21.6. The number of carbonyl (C=O) groups excluding carboxylic acids is 1. The highest BCUT2D eigenvalue weighted by Crippen LogP contribution is 2.38. The van der Waals surface area contributed by atoms with E-state index in [0.717, 1.165) is 54.3 Å². The third-order valence-corrected chi connectivity index (χ3v) is 6.65. The van der Waals surface area contributed by atoms with Gasteiger partial charge in [-0.15, -0.1) is 11.3 Å². The predicted octanol–water partition coefficient (Wildman–Crippen LogP) is 4.86. The summed E-state index contributed by atoms with van der Waals surface area (Å²) in [5.41, 5.74) is 3.00. The first-order valence-corrected chi connectivity index (χ1v) is 11.4. The Kier molecular flexibility index (Phi) is 5.38. The molecule has 1 N–H and O–H groups in total. The number of likely N-dealkylation sites (tertiary alicyclic amines) is 1. The van der Waals surface area contributed by atoms with Crippen molar-refractivity contribution in [3.8, 4) is 0 Å². The molecule has 0 aromatic carbocycles. The van der Waals surface area contributed by atoms with E-state index in [1.165, 1.54) is 15.6 Å². The number of amides is 1. The van der Waals surface area contributed by atoms with E-state index in [-0.39, 0.29) is 6.09 Å². The van der Waals surface area contributed by atoms with Gasteiger partial charge < -0.3 is 15.0 Å². The van der Waals surface area contributed by atoms with Crippen LogP contribution >= 0.6 is 11.3 Å². The van der Waals surface area contributed by atoms with Gasteiger partial charge in [-0.05, 0) is 65.0 Å². The fourth-order valence-electron chi connectivity index (χ4n) is 4.14. The van der Waals surface area contributed by atoms with Crippen molar-refractivity contribution in [3.63, 3.8) is 0 Å². The molecule has 3 aromatic heterocycles. The van der Waals surface area contributed by atoms with Crippen molar-refractivity contribution in [3.05, 3.63) is 17.3 Å². The molecule has 1 amide bonds. The smallest absolute Gasteiger partial charge is 0.410 e. The maximum absolute atomic E-state index is 12.3. The summed E-state index contributed by atoms with van der Waals surface area (Å²) in [7, 11) is 2.00. The highest BCUT2D eigenvalue weighted by atomic mass is 32.1. The van der Waals surface area contributed by atoms with Crippen molar-refractivity contribution in [1.82, 2.24) is 19.7 Å². The second kappa shape index (κ2) is 7.72. The van der Waals surface area contributed by atoms with Crippen molar-refractivity contribution in [2.75, 3.05) is 25.0 Å². The number of anilines is 1. The van der Waals surface area contributed by atoms with Crippen molar-refractivity contribution in [2.24, 2.45) is 13.0 Å². The molecular formula is C22H31N5O2S. The van der Waals surface area contributed by atoms with Crippen LogP contribution in [-0.2, 0) is 11.8 Å². The first-order valence-electron chi connectivity index (χ1n) is 10.6. The number of hydrogen-bond donors (Lipinski definition) is 1. The molecule has 4 heterocycles. The minimum atomic E-state index is -0.449. The van der Waals surface area contributed by atoms with Gasteiger partial charge in [-0.3, -0.25) is 4.68 Å². The third-order valence-electron chi connectivity index (χ3n) is 5.58. The van der Waals surface area contributed by atoms with Crippen LogP contribution in [0, 0.1) is 19.8 Å². The number of carbonyl (C=O) groups is 1. The van der Waals surface area contributed by atoms with Crippen LogP contribution < -0.4 is 5.32 Å². The van der Waals surface area contributed by atoms with Crippen LogP contribution in [-0.4, -0.2) is 51.0 Å². The summed E-state index contributed by atoms with van der Waals surface area (Å²) < 4.78 is 8.62. The maximum Gasteiger partial charge on any atom is 0.410 e. The molecule has 0 aliphatic carbocycles. The van der Waals surface area contributed by atoms with Crippen LogP contribution in [0.4, 0.5) is 10.6 Å². The van der Waals surface area contributed by atoms with Crippen LogP contribution in [0.15, 0.2) is 6.07 Å². The highest BCUT2D eigenvalue weighted by molar-refractivity contribution is 7.26. The van der Waals surface area contributed by atoms with E-state index in [2.05, 4.69) is 18.3 Å². The zero-order valence-corrected chi connectivity index (χ0v) is 19.5. The predicted molar refractivity (Wildman–Crippen MR) is 122 cm³/mol. The topological polar surface area (TPSA) is 72.3 Å². The molecule has 7 nitrogen and oxygen atoms in total. The van der Waals surface area contributed by atoms with E-state index in [1.54, 1.807) is 11.3 Å². The summed E-state index contributed by atoms with van der Waals surface area (Å²) in [6.07, 6.45) is 1.73. The summed E-state index contributed by atoms with van der Waals surface area (Å²) >= 11 is 1.71. The number of pyridine rings is 1. The highest BCUT2D eigenvalue weighted by Gasteiger charge is 2.27. The van der Waals surface area contributed by atoms with Gasteiger partial charge in [-0.2, -0.15) is 5.10 Å². The first-order chi connectivity index (χ1) is 14.1. The maximum atomic E-state index is 12.3. The summed E-state index contributed by atoms with van der Waals surface area (Å²) in [6.45, 7) is 12.2. The number of thiophene rings is 1. The summed E-state index contributed by atoms with van der Waals surface area (Å²) in [5, 5.41) is 9.51. The van der Waals surface area contributed by atoms with Crippen LogP contribution in [0.2, 0.25) is 0 Å². The lowest BCUT2D eigenvalue weighted by atomic mass is 9.97. The molecule has 0 spiro atoms. The van der Waals surface area contributed by atoms with Gasteiger partial charge in [-0.25, -0.2) is 9.78 Å². The van der Waals surface area contributed by atoms with Crippen molar-refractivity contribution < 1.29 is 9.53 Å². The Balaban J connectivity index is 1.43. The number of piperidine rings is 1. The average molecular weight is 430 g/mol. The molecule has 0 radical (unpaired) electrons. The van der Waals surface area contributed by atoms with Gasteiger partial charge in [0.2, 0.25) is 0 Å². The molecule has 0 bridgehead atoms. The lowest BCUT2D eigenvalue weighted by Gasteiger charge is -2.33. The fraction of sp³-hybridized carbons (Fsp3) is 0.591. The fourth-order valence-corrected chi connectivity index (χ4v) is 5.42. The minimum absolute atomic E-state index is 0.205. The molecule has 0 atom stereocenters. The van der Waals surface area contributed by atoms with Gasteiger partial charge in [0, 0.05) is 37.8 Å². The number of nitrogens with zero attached hydrogens (tertiary/aromatic N) is 4. The largest absolute Gasteiger partial charge is 0.444 e. The van der Waals surface area contributed by atoms with Crippen LogP contribution in [0.3, 0.4) is 0 Å². The van der Waals surface area contributed by atoms with E-state index in [4.69, 9.17) is 14.8 Å². The number of hydrogen-bond acceptors (Lipinski definition) is 6. The third kappa shape index (κ3) is 4.10. The molecule has 8 heteroatoms. The lowest BCUT2D eigenvalue weighted by Crippen LogP contribution is -2.42.